The van der Waals surface area contributed by atoms with E-state index in [1.807, 2.05) is 54.6 Å². The zero-order valence-corrected chi connectivity index (χ0v) is 14.5. The van der Waals surface area contributed by atoms with Gasteiger partial charge in [0.05, 0.1) is 11.8 Å². The van der Waals surface area contributed by atoms with Crippen LogP contribution in [0.2, 0.25) is 0 Å². The molecule has 0 spiro atoms. The molecule has 3 aromatic heterocycles. The molecule has 3 heterocycles. The molecule has 2 aromatic carbocycles. The third-order valence-electron chi connectivity index (χ3n) is 4.46. The Labute approximate surface area is 154 Å². The number of hydrogen-bond donors (Lipinski definition) is 0. The third kappa shape index (κ3) is 2.48. The normalized spacial score (nSPS) is 11.4. The molecule has 7 nitrogen and oxygen atoms in total. The first-order valence-corrected chi connectivity index (χ1v) is 8.49. The summed E-state index contributed by atoms with van der Waals surface area (Å²) in [5.41, 5.74) is 3.04. The molecule has 5 aromatic rings. The van der Waals surface area contributed by atoms with Gasteiger partial charge in [-0.2, -0.15) is 9.61 Å². The second-order valence-electron chi connectivity index (χ2n) is 6.12. The van der Waals surface area contributed by atoms with E-state index in [-0.39, 0.29) is 6.61 Å². The first-order valence-electron chi connectivity index (χ1n) is 8.49. The quantitative estimate of drug-likeness (QED) is 0.487. The van der Waals surface area contributed by atoms with Gasteiger partial charge in [0.2, 0.25) is 0 Å². The lowest BCUT2D eigenvalue weighted by Gasteiger charge is -2.04. The van der Waals surface area contributed by atoms with Crippen LogP contribution in [0.5, 0.6) is 0 Å². The number of aromatic nitrogens is 5. The van der Waals surface area contributed by atoms with E-state index in [0.717, 1.165) is 21.9 Å². The maximum atomic E-state index is 5.57. The zero-order valence-electron chi connectivity index (χ0n) is 14.5. The van der Waals surface area contributed by atoms with E-state index in [2.05, 4.69) is 20.5 Å². The summed E-state index contributed by atoms with van der Waals surface area (Å²) in [6, 6.07) is 17.8. The fourth-order valence-corrected chi connectivity index (χ4v) is 3.22. The van der Waals surface area contributed by atoms with E-state index in [1.165, 1.54) is 0 Å². The van der Waals surface area contributed by atoms with Crippen LogP contribution >= 0.6 is 0 Å². The molecular formula is C20H15N5O2. The minimum Gasteiger partial charge on any atom is -0.377 e. The van der Waals surface area contributed by atoms with Crippen molar-refractivity contribution in [2.45, 2.75) is 6.61 Å². The van der Waals surface area contributed by atoms with E-state index in [1.54, 1.807) is 17.8 Å². The number of ether oxygens (including phenoxy) is 1. The summed E-state index contributed by atoms with van der Waals surface area (Å²) >= 11 is 0. The number of hydrogen-bond acceptors (Lipinski definition) is 6. The predicted molar refractivity (Wildman–Crippen MR) is 99.9 cm³/mol. The molecule has 5 rings (SSSR count). The zero-order chi connectivity index (χ0) is 18.2. The van der Waals surface area contributed by atoms with Crippen molar-refractivity contribution in [2.75, 3.05) is 7.11 Å². The van der Waals surface area contributed by atoms with Crippen molar-refractivity contribution in [3.05, 3.63) is 66.6 Å². The molecule has 0 saturated heterocycles. The fourth-order valence-electron chi connectivity index (χ4n) is 3.22. The standard InChI is InChI=1S/C20H15N5O2/c1-26-12-16-17(18(24-27-16)13-7-3-2-4-8-13)20-23-22-19-15-10-6-5-9-14(15)11-21-25(19)20/h2-11H,12H2,1H3. The van der Waals surface area contributed by atoms with E-state index in [9.17, 15) is 0 Å². The second kappa shape index (κ2) is 6.30. The summed E-state index contributed by atoms with van der Waals surface area (Å²) in [7, 11) is 1.61. The van der Waals surface area contributed by atoms with Gasteiger partial charge in [-0.1, -0.05) is 59.8 Å². The molecule has 0 aliphatic heterocycles. The predicted octanol–water partition coefficient (Wildman–Crippen LogP) is 3.75. The molecule has 27 heavy (non-hydrogen) atoms. The molecule has 0 unspecified atom stereocenters. The van der Waals surface area contributed by atoms with Crippen LogP contribution in [-0.2, 0) is 11.3 Å². The Hall–Kier alpha value is -3.58. The molecule has 0 fully saturated rings. The van der Waals surface area contributed by atoms with Crippen LogP contribution in [0.15, 0.2) is 65.3 Å². The van der Waals surface area contributed by atoms with Gasteiger partial charge in [-0.05, 0) is 0 Å². The third-order valence-corrected chi connectivity index (χ3v) is 4.46. The van der Waals surface area contributed by atoms with Gasteiger partial charge < -0.3 is 9.26 Å². The largest absolute Gasteiger partial charge is 0.377 e. The molecule has 0 N–H and O–H groups in total. The number of nitrogens with zero attached hydrogens (tertiary/aromatic N) is 5. The van der Waals surface area contributed by atoms with Gasteiger partial charge >= 0.3 is 0 Å². The highest BCUT2D eigenvalue weighted by molar-refractivity contribution is 5.94. The molecule has 0 aliphatic rings. The Balaban J connectivity index is 1.79. The average molecular weight is 357 g/mol. The molecular weight excluding hydrogens is 342 g/mol. The van der Waals surface area contributed by atoms with Crippen molar-refractivity contribution in [1.29, 1.82) is 0 Å². The minimum atomic E-state index is 0.275. The molecule has 0 radical (unpaired) electrons. The lowest BCUT2D eigenvalue weighted by molar-refractivity contribution is 0.156. The molecule has 0 atom stereocenters. The molecule has 0 amide bonds. The van der Waals surface area contributed by atoms with Gasteiger partial charge in [0.15, 0.2) is 17.2 Å². The van der Waals surface area contributed by atoms with Crippen LogP contribution in [0, 0.1) is 0 Å². The molecule has 0 aliphatic carbocycles. The fraction of sp³-hybridized carbons (Fsp3) is 0.100. The first-order chi connectivity index (χ1) is 13.4. The van der Waals surface area contributed by atoms with Crippen molar-refractivity contribution in [3.63, 3.8) is 0 Å². The lowest BCUT2D eigenvalue weighted by Crippen LogP contribution is -1.98. The highest BCUT2D eigenvalue weighted by atomic mass is 16.5. The number of methoxy groups -OCH3 is 1. The maximum Gasteiger partial charge on any atom is 0.191 e. The van der Waals surface area contributed by atoms with Crippen molar-refractivity contribution in [2.24, 2.45) is 0 Å². The van der Waals surface area contributed by atoms with Crippen molar-refractivity contribution in [1.82, 2.24) is 25.0 Å². The van der Waals surface area contributed by atoms with Crippen LogP contribution in [0.1, 0.15) is 5.76 Å². The Morgan fingerprint density at radius 3 is 2.67 bits per heavy atom. The summed E-state index contributed by atoms with van der Waals surface area (Å²) in [6.45, 7) is 0.275. The molecule has 7 heteroatoms. The monoisotopic (exact) mass is 357 g/mol. The summed E-state index contributed by atoms with van der Waals surface area (Å²) < 4.78 is 12.6. The van der Waals surface area contributed by atoms with Gasteiger partial charge in [-0.25, -0.2) is 0 Å². The summed E-state index contributed by atoms with van der Waals surface area (Å²) in [5, 5.41) is 19.6. The topological polar surface area (TPSA) is 78.3 Å². The highest BCUT2D eigenvalue weighted by Crippen LogP contribution is 2.34. The van der Waals surface area contributed by atoms with Gasteiger partial charge in [0.1, 0.15) is 12.3 Å². The highest BCUT2D eigenvalue weighted by Gasteiger charge is 2.24. The minimum absolute atomic E-state index is 0.275. The first kappa shape index (κ1) is 15.7. The van der Waals surface area contributed by atoms with E-state index >= 15 is 0 Å². The Bertz CT molecular complexity index is 1240. The van der Waals surface area contributed by atoms with Crippen molar-refractivity contribution >= 4 is 16.4 Å². The summed E-state index contributed by atoms with van der Waals surface area (Å²) in [4.78, 5) is 0. The number of fused-ring (bicyclic) bond motifs is 3. The average Bonchev–Trinajstić information content (AvgIpc) is 3.33. The van der Waals surface area contributed by atoms with Gasteiger partial charge in [0, 0.05) is 23.4 Å². The van der Waals surface area contributed by atoms with Gasteiger partial charge in [0.25, 0.3) is 0 Å². The van der Waals surface area contributed by atoms with Crippen LogP contribution in [0.4, 0.5) is 0 Å². The van der Waals surface area contributed by atoms with E-state index in [4.69, 9.17) is 9.26 Å². The maximum absolute atomic E-state index is 5.57. The SMILES string of the molecule is COCc1onc(-c2ccccc2)c1-c1nnc2c3ccccc3cnn12. The Kier molecular flexibility index (Phi) is 3.65. The summed E-state index contributed by atoms with van der Waals surface area (Å²) in [5.74, 6) is 1.16. The van der Waals surface area contributed by atoms with Crippen LogP contribution in [-0.4, -0.2) is 32.1 Å². The van der Waals surface area contributed by atoms with Crippen LogP contribution in [0.3, 0.4) is 0 Å². The van der Waals surface area contributed by atoms with Crippen molar-refractivity contribution < 1.29 is 9.26 Å². The lowest BCUT2D eigenvalue weighted by atomic mass is 10.1. The Morgan fingerprint density at radius 1 is 1.00 bits per heavy atom. The van der Waals surface area contributed by atoms with Crippen LogP contribution < -0.4 is 0 Å². The Morgan fingerprint density at radius 2 is 1.81 bits per heavy atom. The molecule has 0 saturated carbocycles. The van der Waals surface area contributed by atoms with Crippen molar-refractivity contribution in [3.8, 4) is 22.6 Å². The van der Waals surface area contributed by atoms with Gasteiger partial charge in [-0.3, -0.25) is 0 Å². The summed E-state index contributed by atoms with van der Waals surface area (Å²) in [6.07, 6.45) is 1.81. The molecule has 132 valence electrons. The second-order valence-corrected chi connectivity index (χ2v) is 6.12. The number of rotatable bonds is 4. The van der Waals surface area contributed by atoms with Crippen LogP contribution in [0.25, 0.3) is 39.1 Å². The van der Waals surface area contributed by atoms with Gasteiger partial charge in [-0.15, -0.1) is 10.2 Å². The van der Waals surface area contributed by atoms with E-state index < -0.39 is 0 Å². The number of benzene rings is 2. The smallest absolute Gasteiger partial charge is 0.191 e. The molecule has 0 bridgehead atoms. The van der Waals surface area contributed by atoms with E-state index in [0.29, 0.717) is 22.9 Å².